The molecule has 4 nitrogen and oxygen atoms in total. The van der Waals surface area contributed by atoms with Crippen LogP contribution < -0.4 is 5.56 Å². The molecule has 4 heteroatoms. The van der Waals surface area contributed by atoms with Crippen LogP contribution in [0.25, 0.3) is 16.7 Å². The van der Waals surface area contributed by atoms with Crippen molar-refractivity contribution in [3.63, 3.8) is 0 Å². The molecule has 0 atom stereocenters. The fourth-order valence-electron chi connectivity index (χ4n) is 2.01. The van der Waals surface area contributed by atoms with Gasteiger partial charge in [0, 0.05) is 6.20 Å². The first-order valence-corrected chi connectivity index (χ1v) is 5.67. The maximum absolute atomic E-state index is 12.4. The third kappa shape index (κ3) is 1.59. The van der Waals surface area contributed by atoms with Crippen LogP contribution in [0.2, 0.25) is 0 Å². The summed E-state index contributed by atoms with van der Waals surface area (Å²) in [6.07, 6.45) is 1.61. The number of benzene rings is 1. The fraction of sp³-hybridized carbons (Fsp3) is 0.0714. The van der Waals surface area contributed by atoms with Gasteiger partial charge < -0.3 is 0 Å². The van der Waals surface area contributed by atoms with Crippen molar-refractivity contribution in [1.82, 2.24) is 14.5 Å². The Bertz CT molecular complexity index is 763. The molecule has 0 aliphatic heterocycles. The molecule has 0 aliphatic carbocycles. The van der Waals surface area contributed by atoms with E-state index in [1.54, 1.807) is 22.9 Å². The second-order valence-corrected chi connectivity index (χ2v) is 4.01. The van der Waals surface area contributed by atoms with Gasteiger partial charge in [0.1, 0.15) is 5.82 Å². The molecule has 1 aromatic carbocycles. The highest BCUT2D eigenvalue weighted by molar-refractivity contribution is 5.73. The molecule has 18 heavy (non-hydrogen) atoms. The van der Waals surface area contributed by atoms with E-state index in [1.807, 2.05) is 37.3 Å². The molecule has 0 unspecified atom stereocenters. The van der Waals surface area contributed by atoms with Crippen LogP contribution in [0.3, 0.4) is 0 Å². The number of pyridine rings is 1. The molecule has 0 aliphatic rings. The molecule has 3 rings (SSSR count). The lowest BCUT2D eigenvalue weighted by atomic mass is 10.3. The lowest BCUT2D eigenvalue weighted by molar-refractivity contribution is 0.889. The van der Waals surface area contributed by atoms with Crippen molar-refractivity contribution >= 4 is 11.0 Å². The van der Waals surface area contributed by atoms with Crippen molar-refractivity contribution in [2.24, 2.45) is 0 Å². The van der Waals surface area contributed by atoms with Crippen LogP contribution in [0, 0.1) is 6.92 Å². The van der Waals surface area contributed by atoms with Crippen LogP contribution in [-0.2, 0) is 0 Å². The Morgan fingerprint density at radius 2 is 1.83 bits per heavy atom. The Balaban J connectivity index is 2.41. The molecule has 0 saturated heterocycles. The maximum Gasteiger partial charge on any atom is 0.284 e. The number of nitrogens with zero attached hydrogens (tertiary/aromatic N) is 3. The van der Waals surface area contributed by atoms with Gasteiger partial charge in [0.05, 0.1) is 11.2 Å². The van der Waals surface area contributed by atoms with Crippen molar-refractivity contribution in [2.45, 2.75) is 6.92 Å². The van der Waals surface area contributed by atoms with Crippen LogP contribution in [0.4, 0.5) is 0 Å². The predicted octanol–water partition coefficient (Wildman–Crippen LogP) is 2.09. The van der Waals surface area contributed by atoms with E-state index >= 15 is 0 Å². The number of hydrogen-bond acceptors (Lipinski definition) is 3. The van der Waals surface area contributed by atoms with Gasteiger partial charge in [-0.15, -0.1) is 0 Å². The second-order valence-electron chi connectivity index (χ2n) is 4.01. The van der Waals surface area contributed by atoms with E-state index < -0.39 is 0 Å². The quantitative estimate of drug-likeness (QED) is 0.651. The highest BCUT2D eigenvalue weighted by Crippen LogP contribution is 2.10. The SMILES string of the molecule is Cc1nc2cccnc2c(=O)n1-c1ccccc1. The van der Waals surface area contributed by atoms with Crippen LogP contribution in [0.5, 0.6) is 0 Å². The maximum atomic E-state index is 12.4. The molecule has 88 valence electrons. The van der Waals surface area contributed by atoms with E-state index in [9.17, 15) is 4.79 Å². The van der Waals surface area contributed by atoms with E-state index in [1.165, 1.54) is 0 Å². The van der Waals surface area contributed by atoms with Gasteiger partial charge >= 0.3 is 0 Å². The smallest absolute Gasteiger partial charge is 0.266 e. The summed E-state index contributed by atoms with van der Waals surface area (Å²) in [5.41, 5.74) is 1.70. The molecule has 0 radical (unpaired) electrons. The fourth-order valence-corrected chi connectivity index (χ4v) is 2.01. The lowest BCUT2D eigenvalue weighted by Crippen LogP contribution is -2.22. The van der Waals surface area contributed by atoms with Crippen LogP contribution >= 0.6 is 0 Å². The van der Waals surface area contributed by atoms with Gasteiger partial charge in [0.15, 0.2) is 5.52 Å². The van der Waals surface area contributed by atoms with Gasteiger partial charge in [0.25, 0.3) is 5.56 Å². The predicted molar refractivity (Wildman–Crippen MR) is 69.9 cm³/mol. The molecule has 0 saturated carbocycles. The normalized spacial score (nSPS) is 10.7. The largest absolute Gasteiger partial charge is 0.284 e. The van der Waals surface area contributed by atoms with Crippen LogP contribution in [-0.4, -0.2) is 14.5 Å². The van der Waals surface area contributed by atoms with Crippen molar-refractivity contribution in [3.8, 4) is 5.69 Å². The summed E-state index contributed by atoms with van der Waals surface area (Å²) in [5, 5.41) is 0. The summed E-state index contributed by atoms with van der Waals surface area (Å²) in [4.78, 5) is 20.9. The Kier molecular flexibility index (Phi) is 2.41. The van der Waals surface area contributed by atoms with Gasteiger partial charge in [-0.05, 0) is 31.2 Å². The zero-order valence-electron chi connectivity index (χ0n) is 9.87. The van der Waals surface area contributed by atoms with Gasteiger partial charge in [-0.25, -0.2) is 9.97 Å². The third-order valence-electron chi connectivity index (χ3n) is 2.81. The highest BCUT2D eigenvalue weighted by atomic mass is 16.1. The highest BCUT2D eigenvalue weighted by Gasteiger charge is 2.09. The first-order valence-electron chi connectivity index (χ1n) is 5.67. The van der Waals surface area contributed by atoms with Gasteiger partial charge in [-0.3, -0.25) is 9.36 Å². The standard InChI is InChI=1S/C14H11N3O/c1-10-16-12-8-5-9-15-13(12)14(18)17(10)11-6-3-2-4-7-11/h2-9H,1H3. The number of rotatable bonds is 1. The topological polar surface area (TPSA) is 47.8 Å². The summed E-state index contributed by atoms with van der Waals surface area (Å²) in [5.74, 6) is 0.659. The zero-order chi connectivity index (χ0) is 12.5. The van der Waals surface area contributed by atoms with Gasteiger partial charge in [0.2, 0.25) is 0 Å². The van der Waals surface area contributed by atoms with E-state index in [2.05, 4.69) is 9.97 Å². The summed E-state index contributed by atoms with van der Waals surface area (Å²) in [6.45, 7) is 1.82. The number of aryl methyl sites for hydroxylation is 1. The number of aromatic nitrogens is 3. The van der Waals surface area contributed by atoms with Crippen molar-refractivity contribution in [1.29, 1.82) is 0 Å². The second kappa shape index (κ2) is 4.07. The average Bonchev–Trinajstić information content (AvgIpc) is 2.40. The summed E-state index contributed by atoms with van der Waals surface area (Å²) < 4.78 is 1.58. The Morgan fingerprint density at radius 3 is 2.61 bits per heavy atom. The molecule has 2 aromatic heterocycles. The van der Waals surface area contributed by atoms with Gasteiger partial charge in [-0.1, -0.05) is 18.2 Å². The summed E-state index contributed by atoms with van der Waals surface area (Å²) in [6, 6.07) is 13.0. The molecule has 2 heterocycles. The molecule has 0 amide bonds. The monoisotopic (exact) mass is 237 g/mol. The van der Waals surface area contributed by atoms with E-state index in [4.69, 9.17) is 0 Å². The minimum absolute atomic E-state index is 0.135. The summed E-state index contributed by atoms with van der Waals surface area (Å²) in [7, 11) is 0. The molecule has 0 spiro atoms. The van der Waals surface area contributed by atoms with Crippen LogP contribution in [0.1, 0.15) is 5.82 Å². The zero-order valence-corrected chi connectivity index (χ0v) is 9.87. The van der Waals surface area contributed by atoms with E-state index in [0.29, 0.717) is 16.9 Å². The molecule has 0 N–H and O–H groups in total. The lowest BCUT2D eigenvalue weighted by Gasteiger charge is -2.09. The number of fused-ring (bicyclic) bond motifs is 1. The first-order chi connectivity index (χ1) is 8.77. The number of para-hydroxylation sites is 1. The molecular formula is C14H11N3O. The average molecular weight is 237 g/mol. The Hall–Kier alpha value is -2.49. The Labute approximate surface area is 104 Å². The summed E-state index contributed by atoms with van der Waals surface area (Å²) >= 11 is 0. The molecule has 3 aromatic rings. The van der Waals surface area contributed by atoms with Crippen LogP contribution in [0.15, 0.2) is 53.5 Å². The van der Waals surface area contributed by atoms with Crippen molar-refractivity contribution in [3.05, 3.63) is 64.8 Å². The molecular weight excluding hydrogens is 226 g/mol. The minimum Gasteiger partial charge on any atom is -0.266 e. The van der Waals surface area contributed by atoms with Crippen molar-refractivity contribution < 1.29 is 0 Å². The first kappa shape index (κ1) is 10.7. The van der Waals surface area contributed by atoms with Crippen molar-refractivity contribution in [2.75, 3.05) is 0 Å². The van der Waals surface area contributed by atoms with E-state index in [-0.39, 0.29) is 5.56 Å². The number of hydrogen-bond donors (Lipinski definition) is 0. The Morgan fingerprint density at radius 1 is 1.06 bits per heavy atom. The van der Waals surface area contributed by atoms with E-state index in [0.717, 1.165) is 5.69 Å². The molecule has 0 bridgehead atoms. The minimum atomic E-state index is -0.135. The van der Waals surface area contributed by atoms with Gasteiger partial charge in [-0.2, -0.15) is 0 Å². The molecule has 0 fully saturated rings. The third-order valence-corrected chi connectivity index (χ3v) is 2.81.